The van der Waals surface area contributed by atoms with Crippen LogP contribution in [0.2, 0.25) is 0 Å². The van der Waals surface area contributed by atoms with E-state index in [1.54, 1.807) is 25.3 Å². The predicted molar refractivity (Wildman–Crippen MR) is 74.7 cm³/mol. The summed E-state index contributed by atoms with van der Waals surface area (Å²) in [5.41, 5.74) is 2.60. The molecule has 2 rings (SSSR count). The van der Waals surface area contributed by atoms with E-state index in [0.717, 1.165) is 16.7 Å². The smallest absolute Gasteiger partial charge is 0.263 e. The number of anilines is 1. The molecule has 5 nitrogen and oxygen atoms in total. The van der Waals surface area contributed by atoms with Crippen LogP contribution in [0.4, 0.5) is 5.82 Å². The van der Waals surface area contributed by atoms with Crippen molar-refractivity contribution in [2.24, 2.45) is 0 Å². The molecule has 0 spiro atoms. The number of hydrogen-bond acceptors (Lipinski definition) is 3. The van der Waals surface area contributed by atoms with Gasteiger partial charge in [-0.1, -0.05) is 24.6 Å². The fourth-order valence-electron chi connectivity index (χ4n) is 1.96. The number of nitrogens with zero attached hydrogens (tertiary/aromatic N) is 1. The van der Waals surface area contributed by atoms with Crippen molar-refractivity contribution in [2.45, 2.75) is 32.1 Å². The van der Waals surface area contributed by atoms with Crippen molar-refractivity contribution in [3.63, 3.8) is 0 Å². The number of aromatic nitrogens is 2. The van der Waals surface area contributed by atoms with Gasteiger partial charge < -0.3 is 0 Å². The molecule has 2 aromatic rings. The second kappa shape index (κ2) is 5.05. The number of rotatable bonds is 4. The lowest BCUT2D eigenvalue weighted by atomic mass is 10.2. The summed E-state index contributed by atoms with van der Waals surface area (Å²) in [6, 6.07) is 5.26. The van der Waals surface area contributed by atoms with Gasteiger partial charge in [0.1, 0.15) is 5.82 Å². The highest BCUT2D eigenvalue weighted by molar-refractivity contribution is 7.92. The number of H-pyrrole nitrogens is 1. The van der Waals surface area contributed by atoms with E-state index in [0.29, 0.717) is 12.2 Å². The van der Waals surface area contributed by atoms with Crippen LogP contribution in [0.1, 0.15) is 23.6 Å². The van der Waals surface area contributed by atoms with E-state index in [1.807, 2.05) is 19.9 Å². The summed E-state index contributed by atoms with van der Waals surface area (Å²) in [7, 11) is -3.58. The van der Waals surface area contributed by atoms with Gasteiger partial charge in [0, 0.05) is 5.56 Å². The Morgan fingerprint density at radius 3 is 2.68 bits per heavy atom. The standard InChI is InChI=1S/C13H17N3O2S/c1-4-11-8-14-15-13(11)16-19(17,18)12-6-5-9(2)7-10(12)3/h5-8H,4H2,1-3H3,(H2,14,15,16). The highest BCUT2D eigenvalue weighted by Crippen LogP contribution is 2.21. The Balaban J connectivity index is 2.38. The lowest BCUT2D eigenvalue weighted by Gasteiger charge is -2.10. The Labute approximate surface area is 113 Å². The number of sulfonamides is 1. The van der Waals surface area contributed by atoms with Crippen LogP contribution >= 0.6 is 0 Å². The molecule has 0 bridgehead atoms. The van der Waals surface area contributed by atoms with E-state index in [2.05, 4.69) is 14.9 Å². The zero-order chi connectivity index (χ0) is 14.0. The molecule has 0 amide bonds. The van der Waals surface area contributed by atoms with Gasteiger partial charge in [-0.05, 0) is 31.9 Å². The molecule has 19 heavy (non-hydrogen) atoms. The first-order valence-corrected chi connectivity index (χ1v) is 7.54. The molecule has 2 N–H and O–H groups in total. The molecule has 1 aromatic carbocycles. The maximum atomic E-state index is 12.3. The lowest BCUT2D eigenvalue weighted by molar-refractivity contribution is 0.600. The highest BCUT2D eigenvalue weighted by atomic mass is 32.2. The lowest BCUT2D eigenvalue weighted by Crippen LogP contribution is -2.15. The molecular weight excluding hydrogens is 262 g/mol. The monoisotopic (exact) mass is 279 g/mol. The maximum absolute atomic E-state index is 12.3. The fraction of sp³-hybridized carbons (Fsp3) is 0.308. The molecular formula is C13H17N3O2S. The van der Waals surface area contributed by atoms with Crippen LogP contribution in [0.5, 0.6) is 0 Å². The molecule has 1 aromatic heterocycles. The second-order valence-electron chi connectivity index (χ2n) is 4.50. The van der Waals surface area contributed by atoms with Crippen molar-refractivity contribution >= 4 is 15.8 Å². The molecule has 0 aliphatic rings. The summed E-state index contributed by atoms with van der Waals surface area (Å²) in [5.74, 6) is 0.433. The largest absolute Gasteiger partial charge is 0.263 e. The molecule has 102 valence electrons. The third kappa shape index (κ3) is 2.78. The summed E-state index contributed by atoms with van der Waals surface area (Å²) in [5, 5.41) is 6.53. The fourth-order valence-corrected chi connectivity index (χ4v) is 3.24. The molecule has 0 aliphatic heterocycles. The van der Waals surface area contributed by atoms with Gasteiger partial charge in [0.05, 0.1) is 11.1 Å². The maximum Gasteiger partial charge on any atom is 0.263 e. The van der Waals surface area contributed by atoms with E-state index >= 15 is 0 Å². The van der Waals surface area contributed by atoms with Crippen molar-refractivity contribution in [3.8, 4) is 0 Å². The van der Waals surface area contributed by atoms with Crippen LogP contribution in [-0.2, 0) is 16.4 Å². The summed E-state index contributed by atoms with van der Waals surface area (Å²) in [4.78, 5) is 0.287. The first kappa shape index (κ1) is 13.6. The molecule has 6 heteroatoms. The van der Waals surface area contributed by atoms with Crippen molar-refractivity contribution in [1.29, 1.82) is 0 Å². The van der Waals surface area contributed by atoms with E-state index in [4.69, 9.17) is 0 Å². The number of nitrogens with one attached hydrogen (secondary N) is 2. The molecule has 0 saturated carbocycles. The molecule has 0 aliphatic carbocycles. The zero-order valence-corrected chi connectivity index (χ0v) is 12.0. The Bertz CT molecular complexity index is 690. The summed E-state index contributed by atoms with van der Waals surface area (Å²) < 4.78 is 27.2. The zero-order valence-electron chi connectivity index (χ0n) is 11.2. The minimum Gasteiger partial charge on any atom is -0.263 e. The molecule has 0 saturated heterocycles. The van der Waals surface area contributed by atoms with Crippen LogP contribution in [0, 0.1) is 13.8 Å². The summed E-state index contributed by atoms with van der Waals surface area (Å²) in [6.45, 7) is 5.66. The van der Waals surface area contributed by atoms with Crippen molar-refractivity contribution in [1.82, 2.24) is 10.2 Å². The quantitative estimate of drug-likeness (QED) is 0.902. The van der Waals surface area contributed by atoms with E-state index in [9.17, 15) is 8.42 Å². The molecule has 0 fully saturated rings. The van der Waals surface area contributed by atoms with E-state index in [-0.39, 0.29) is 4.90 Å². The second-order valence-corrected chi connectivity index (χ2v) is 6.15. The molecule has 0 atom stereocenters. The van der Waals surface area contributed by atoms with Crippen molar-refractivity contribution < 1.29 is 8.42 Å². The number of aryl methyl sites for hydroxylation is 3. The summed E-state index contributed by atoms with van der Waals surface area (Å²) in [6.07, 6.45) is 2.33. The van der Waals surface area contributed by atoms with Gasteiger partial charge in [-0.25, -0.2) is 8.42 Å². The molecule has 0 radical (unpaired) electrons. The van der Waals surface area contributed by atoms with Crippen LogP contribution in [-0.4, -0.2) is 18.6 Å². The number of hydrogen-bond donors (Lipinski definition) is 2. The van der Waals surface area contributed by atoms with Crippen LogP contribution < -0.4 is 4.72 Å². The Morgan fingerprint density at radius 2 is 2.05 bits per heavy atom. The van der Waals surface area contributed by atoms with Gasteiger partial charge in [0.2, 0.25) is 0 Å². The third-order valence-corrected chi connectivity index (χ3v) is 4.47. The van der Waals surface area contributed by atoms with Crippen LogP contribution in [0.25, 0.3) is 0 Å². The minimum absolute atomic E-state index is 0.287. The van der Waals surface area contributed by atoms with Crippen LogP contribution in [0.3, 0.4) is 0 Å². The van der Waals surface area contributed by atoms with Crippen LogP contribution in [0.15, 0.2) is 29.3 Å². The average Bonchev–Trinajstić information content (AvgIpc) is 2.74. The van der Waals surface area contributed by atoms with Gasteiger partial charge in [-0.2, -0.15) is 5.10 Å². The Morgan fingerprint density at radius 1 is 1.32 bits per heavy atom. The average molecular weight is 279 g/mol. The van der Waals surface area contributed by atoms with E-state index in [1.165, 1.54) is 0 Å². The molecule has 1 heterocycles. The Hall–Kier alpha value is -1.82. The first-order valence-electron chi connectivity index (χ1n) is 6.06. The van der Waals surface area contributed by atoms with Gasteiger partial charge >= 0.3 is 0 Å². The highest BCUT2D eigenvalue weighted by Gasteiger charge is 2.18. The SMILES string of the molecule is CCc1cn[nH]c1NS(=O)(=O)c1ccc(C)cc1C. The molecule has 0 unspecified atom stereocenters. The first-order chi connectivity index (χ1) is 8.94. The third-order valence-electron chi connectivity index (χ3n) is 2.96. The number of benzene rings is 1. The predicted octanol–water partition coefficient (Wildman–Crippen LogP) is 2.39. The van der Waals surface area contributed by atoms with Gasteiger partial charge in [-0.15, -0.1) is 0 Å². The van der Waals surface area contributed by atoms with Gasteiger partial charge in [0.15, 0.2) is 0 Å². The number of aromatic amines is 1. The normalized spacial score (nSPS) is 11.5. The minimum atomic E-state index is -3.58. The topological polar surface area (TPSA) is 74.8 Å². The van der Waals surface area contributed by atoms with E-state index < -0.39 is 10.0 Å². The summed E-state index contributed by atoms with van der Waals surface area (Å²) >= 11 is 0. The Kier molecular flexibility index (Phi) is 3.61. The van der Waals surface area contributed by atoms with Crippen molar-refractivity contribution in [2.75, 3.05) is 4.72 Å². The van der Waals surface area contributed by atoms with Gasteiger partial charge in [0.25, 0.3) is 10.0 Å². The van der Waals surface area contributed by atoms with Crippen molar-refractivity contribution in [3.05, 3.63) is 41.1 Å². The van der Waals surface area contributed by atoms with Gasteiger partial charge in [-0.3, -0.25) is 9.82 Å².